The van der Waals surface area contributed by atoms with Crippen LogP contribution in [0.1, 0.15) is 23.5 Å². The number of aliphatic hydroxyl groups is 1. The Hall–Kier alpha value is -1.91. The predicted molar refractivity (Wildman–Crippen MR) is 90.4 cm³/mol. The maximum atomic E-state index is 13.6. The first-order chi connectivity index (χ1) is 11.2. The second-order valence-electron chi connectivity index (χ2n) is 5.53. The van der Waals surface area contributed by atoms with Crippen molar-refractivity contribution in [2.45, 2.75) is 18.8 Å². The molecule has 2 rings (SSSR count). The van der Waals surface area contributed by atoms with Crippen molar-refractivity contribution in [3.8, 4) is 5.75 Å². The van der Waals surface area contributed by atoms with Crippen molar-refractivity contribution in [1.82, 2.24) is 5.32 Å². The molecule has 2 N–H and O–H groups in total. The molecule has 0 saturated carbocycles. The zero-order valence-electron chi connectivity index (χ0n) is 13.5. The zero-order valence-corrected chi connectivity index (χ0v) is 13.5. The molecular formula is C19H24FNO2. The molecule has 23 heavy (non-hydrogen) atoms. The Balaban J connectivity index is 2.15. The van der Waals surface area contributed by atoms with Crippen LogP contribution < -0.4 is 10.1 Å². The molecule has 0 unspecified atom stereocenters. The Bertz CT molecular complexity index is 589. The van der Waals surface area contributed by atoms with Gasteiger partial charge in [-0.3, -0.25) is 0 Å². The number of ether oxygens (including phenoxy) is 1. The van der Waals surface area contributed by atoms with E-state index in [-0.39, 0.29) is 18.3 Å². The number of hydrogen-bond acceptors (Lipinski definition) is 3. The van der Waals surface area contributed by atoms with Crippen LogP contribution in [-0.4, -0.2) is 31.9 Å². The number of benzene rings is 2. The summed E-state index contributed by atoms with van der Waals surface area (Å²) >= 11 is 0. The van der Waals surface area contributed by atoms with Gasteiger partial charge in [0, 0.05) is 6.54 Å². The zero-order chi connectivity index (χ0) is 16.5. The largest absolute Gasteiger partial charge is 0.496 e. The lowest BCUT2D eigenvalue weighted by Crippen LogP contribution is -2.21. The third-order valence-corrected chi connectivity index (χ3v) is 3.94. The van der Waals surface area contributed by atoms with Gasteiger partial charge in [0.2, 0.25) is 0 Å². The van der Waals surface area contributed by atoms with E-state index in [1.165, 1.54) is 11.6 Å². The Morgan fingerprint density at radius 3 is 2.61 bits per heavy atom. The molecule has 0 aliphatic rings. The monoisotopic (exact) mass is 317 g/mol. The van der Waals surface area contributed by atoms with Crippen LogP contribution in [0, 0.1) is 5.82 Å². The molecule has 0 spiro atoms. The number of aliphatic hydroxyl groups excluding tert-OH is 1. The van der Waals surface area contributed by atoms with E-state index in [4.69, 9.17) is 9.84 Å². The highest BCUT2D eigenvalue weighted by Gasteiger charge is 2.15. The molecule has 2 aromatic carbocycles. The topological polar surface area (TPSA) is 41.5 Å². The molecule has 2 aromatic rings. The molecule has 0 aliphatic heterocycles. The van der Waals surface area contributed by atoms with E-state index in [0.29, 0.717) is 13.0 Å². The highest BCUT2D eigenvalue weighted by Crippen LogP contribution is 2.29. The Labute approximate surface area is 137 Å². The molecule has 0 saturated heterocycles. The lowest BCUT2D eigenvalue weighted by Gasteiger charge is -2.19. The summed E-state index contributed by atoms with van der Waals surface area (Å²) in [7, 11) is 1.61. The van der Waals surface area contributed by atoms with Crippen molar-refractivity contribution in [2.24, 2.45) is 0 Å². The summed E-state index contributed by atoms with van der Waals surface area (Å²) < 4.78 is 19.0. The Morgan fingerprint density at radius 1 is 1.13 bits per heavy atom. The Morgan fingerprint density at radius 2 is 1.91 bits per heavy atom. The SMILES string of the molecule is COc1ccc(F)cc1C[C@H](CCNCCO)c1ccccc1. The molecule has 0 aliphatic carbocycles. The normalized spacial score (nSPS) is 12.1. The molecule has 0 radical (unpaired) electrons. The van der Waals surface area contributed by atoms with Crippen LogP contribution in [0.2, 0.25) is 0 Å². The van der Waals surface area contributed by atoms with Crippen LogP contribution in [0.5, 0.6) is 5.75 Å². The van der Waals surface area contributed by atoms with Crippen LogP contribution in [0.25, 0.3) is 0 Å². The maximum Gasteiger partial charge on any atom is 0.123 e. The average Bonchev–Trinajstić information content (AvgIpc) is 2.58. The maximum absolute atomic E-state index is 13.6. The van der Waals surface area contributed by atoms with Crippen LogP contribution >= 0.6 is 0 Å². The van der Waals surface area contributed by atoms with Gasteiger partial charge in [-0.2, -0.15) is 0 Å². The highest BCUT2D eigenvalue weighted by molar-refractivity contribution is 5.36. The second kappa shape index (κ2) is 9.28. The van der Waals surface area contributed by atoms with Crippen molar-refractivity contribution in [2.75, 3.05) is 26.8 Å². The van der Waals surface area contributed by atoms with Crippen molar-refractivity contribution < 1.29 is 14.2 Å². The standard InChI is InChI=1S/C19H24FNO2/c1-23-19-8-7-18(20)14-17(19)13-16(9-10-21-11-12-22)15-5-3-2-4-6-15/h2-8,14,16,21-22H,9-13H2,1H3/t16-/m0/s1. The van der Waals surface area contributed by atoms with Gasteiger partial charge < -0.3 is 15.2 Å². The summed E-state index contributed by atoms with van der Waals surface area (Å²) in [6.07, 6.45) is 1.62. The first-order valence-corrected chi connectivity index (χ1v) is 7.93. The summed E-state index contributed by atoms with van der Waals surface area (Å²) in [4.78, 5) is 0. The number of rotatable bonds is 9. The van der Waals surface area contributed by atoms with E-state index in [1.54, 1.807) is 19.2 Å². The van der Waals surface area contributed by atoms with E-state index in [9.17, 15) is 4.39 Å². The molecule has 1 atom stereocenters. The van der Waals surface area contributed by atoms with Crippen LogP contribution in [0.4, 0.5) is 4.39 Å². The average molecular weight is 317 g/mol. The van der Waals surface area contributed by atoms with Gasteiger partial charge in [0.25, 0.3) is 0 Å². The number of methoxy groups -OCH3 is 1. The molecule has 0 heterocycles. The minimum Gasteiger partial charge on any atom is -0.496 e. The van der Waals surface area contributed by atoms with E-state index in [1.807, 2.05) is 18.2 Å². The van der Waals surface area contributed by atoms with E-state index in [2.05, 4.69) is 17.4 Å². The second-order valence-corrected chi connectivity index (χ2v) is 5.53. The summed E-state index contributed by atoms with van der Waals surface area (Å²) in [6.45, 7) is 1.52. The minimum atomic E-state index is -0.244. The molecule has 4 heteroatoms. The minimum absolute atomic E-state index is 0.133. The van der Waals surface area contributed by atoms with Crippen molar-refractivity contribution in [3.63, 3.8) is 0 Å². The molecule has 0 fully saturated rings. The first kappa shape index (κ1) is 17.4. The van der Waals surface area contributed by atoms with Crippen LogP contribution in [0.3, 0.4) is 0 Å². The first-order valence-electron chi connectivity index (χ1n) is 7.93. The Kier molecular flexibility index (Phi) is 7.04. The third-order valence-electron chi connectivity index (χ3n) is 3.94. The smallest absolute Gasteiger partial charge is 0.123 e. The molecule has 0 aromatic heterocycles. The fourth-order valence-electron chi connectivity index (χ4n) is 2.76. The summed E-state index contributed by atoms with van der Waals surface area (Å²) in [5, 5.41) is 12.1. The third kappa shape index (κ3) is 5.34. The van der Waals surface area contributed by atoms with Gasteiger partial charge in [0.1, 0.15) is 11.6 Å². The molecule has 124 valence electrons. The van der Waals surface area contributed by atoms with Crippen molar-refractivity contribution >= 4 is 0 Å². The van der Waals surface area contributed by atoms with E-state index < -0.39 is 0 Å². The van der Waals surface area contributed by atoms with Gasteiger partial charge in [-0.25, -0.2) is 4.39 Å². The summed E-state index contributed by atoms with van der Waals surface area (Å²) in [6, 6.07) is 14.9. The van der Waals surface area contributed by atoms with Gasteiger partial charge in [-0.05, 0) is 54.6 Å². The predicted octanol–water partition coefficient (Wildman–Crippen LogP) is 3.13. The quantitative estimate of drug-likeness (QED) is 0.698. The lowest BCUT2D eigenvalue weighted by molar-refractivity contribution is 0.291. The van der Waals surface area contributed by atoms with Crippen molar-refractivity contribution in [1.29, 1.82) is 0 Å². The molecule has 0 amide bonds. The summed E-state index contributed by atoms with van der Waals surface area (Å²) in [5.41, 5.74) is 2.10. The van der Waals surface area contributed by atoms with E-state index in [0.717, 1.165) is 24.3 Å². The summed E-state index contributed by atoms with van der Waals surface area (Å²) in [5.74, 6) is 0.736. The van der Waals surface area contributed by atoms with Gasteiger partial charge in [-0.1, -0.05) is 30.3 Å². The van der Waals surface area contributed by atoms with Gasteiger partial charge in [0.05, 0.1) is 13.7 Å². The number of halogens is 1. The lowest BCUT2D eigenvalue weighted by atomic mass is 9.89. The van der Waals surface area contributed by atoms with Crippen LogP contribution in [-0.2, 0) is 6.42 Å². The molecule has 3 nitrogen and oxygen atoms in total. The highest BCUT2D eigenvalue weighted by atomic mass is 19.1. The van der Waals surface area contributed by atoms with Gasteiger partial charge >= 0.3 is 0 Å². The fourth-order valence-corrected chi connectivity index (χ4v) is 2.76. The number of hydrogen-bond donors (Lipinski definition) is 2. The van der Waals surface area contributed by atoms with Crippen LogP contribution in [0.15, 0.2) is 48.5 Å². The fraction of sp³-hybridized carbons (Fsp3) is 0.368. The van der Waals surface area contributed by atoms with Gasteiger partial charge in [0.15, 0.2) is 0 Å². The molecule has 0 bridgehead atoms. The van der Waals surface area contributed by atoms with Crippen molar-refractivity contribution in [3.05, 3.63) is 65.5 Å². The molecular weight excluding hydrogens is 293 g/mol. The van der Waals surface area contributed by atoms with Gasteiger partial charge in [-0.15, -0.1) is 0 Å². The van der Waals surface area contributed by atoms with E-state index >= 15 is 0 Å². The number of nitrogens with one attached hydrogen (secondary N) is 1.